The summed E-state index contributed by atoms with van der Waals surface area (Å²) < 4.78 is 0. The number of nitro groups is 1. The number of nitrogens with zero attached hydrogens (tertiary/aromatic N) is 2. The maximum Gasteiger partial charge on any atom is 0.236 e. The average Bonchev–Trinajstić information content (AvgIpc) is 2.83. The number of fused-ring (bicyclic) bond motifs is 1. The molecule has 3 rings (SSSR count). The molecule has 2 aliphatic rings. The van der Waals surface area contributed by atoms with E-state index in [-0.39, 0.29) is 10.8 Å². The summed E-state index contributed by atoms with van der Waals surface area (Å²) in [6.07, 6.45) is 3.49. The molecule has 2 aliphatic carbocycles. The molecule has 0 unspecified atom stereocenters. The second kappa shape index (κ2) is 3.76. The molecule has 1 fully saturated rings. The molecule has 0 radical (unpaired) electrons. The Balaban J connectivity index is 1.63. The van der Waals surface area contributed by atoms with Gasteiger partial charge in [0.1, 0.15) is 5.92 Å². The molecule has 17 heavy (non-hydrogen) atoms. The molecule has 2 atom stereocenters. The minimum Gasteiger partial charge on any atom is -0.301 e. The van der Waals surface area contributed by atoms with Crippen LogP contribution in [0.5, 0.6) is 0 Å². The highest BCUT2D eigenvalue weighted by atomic mass is 32.1. The van der Waals surface area contributed by atoms with Crippen LogP contribution in [0.2, 0.25) is 0 Å². The van der Waals surface area contributed by atoms with E-state index in [9.17, 15) is 14.9 Å². The van der Waals surface area contributed by atoms with Gasteiger partial charge in [0.15, 0.2) is 5.13 Å². The summed E-state index contributed by atoms with van der Waals surface area (Å²) in [6.45, 7) is 0. The molecule has 1 saturated carbocycles. The lowest BCUT2D eigenvalue weighted by Crippen LogP contribution is -2.18. The number of anilines is 1. The lowest BCUT2D eigenvalue weighted by Gasteiger charge is -1.98. The van der Waals surface area contributed by atoms with Crippen molar-refractivity contribution in [1.82, 2.24) is 4.98 Å². The van der Waals surface area contributed by atoms with Crippen molar-refractivity contribution in [2.24, 2.45) is 5.92 Å². The topological polar surface area (TPSA) is 85.1 Å². The molecule has 7 heteroatoms. The highest BCUT2D eigenvalue weighted by Gasteiger charge is 2.53. The van der Waals surface area contributed by atoms with E-state index >= 15 is 0 Å². The molecule has 0 bridgehead atoms. The maximum absolute atomic E-state index is 11.7. The summed E-state index contributed by atoms with van der Waals surface area (Å²) in [6, 6.07) is -0.693. The molecule has 0 aliphatic heterocycles. The van der Waals surface area contributed by atoms with Gasteiger partial charge >= 0.3 is 0 Å². The Bertz CT molecular complexity index is 477. The van der Waals surface area contributed by atoms with E-state index in [1.54, 1.807) is 0 Å². The molecule has 1 aromatic heterocycles. The minimum absolute atomic E-state index is 0.265. The first kappa shape index (κ1) is 10.6. The number of carbonyl (C=O) groups is 1. The maximum atomic E-state index is 11.7. The number of aryl methyl sites for hydroxylation is 2. The van der Waals surface area contributed by atoms with E-state index in [2.05, 4.69) is 10.3 Å². The standard InChI is InChI=1S/C10H11N3O3S/c14-9(5-4-7(5)13(15)16)12-10-11-6-2-1-3-8(6)17-10/h5,7H,1-4H2,(H,11,12,14)/t5-,7-/m0/s1. The van der Waals surface area contributed by atoms with Gasteiger partial charge in [0.05, 0.1) is 5.69 Å². The van der Waals surface area contributed by atoms with E-state index in [0.717, 1.165) is 25.0 Å². The van der Waals surface area contributed by atoms with Crippen LogP contribution in [0.4, 0.5) is 5.13 Å². The average molecular weight is 253 g/mol. The van der Waals surface area contributed by atoms with Gasteiger partial charge in [0, 0.05) is 16.2 Å². The Hall–Kier alpha value is -1.50. The first-order chi connectivity index (χ1) is 8.15. The quantitative estimate of drug-likeness (QED) is 0.648. The number of nitrogens with one attached hydrogen (secondary N) is 1. The minimum atomic E-state index is -0.693. The van der Waals surface area contributed by atoms with Gasteiger partial charge in [-0.3, -0.25) is 14.9 Å². The zero-order valence-electron chi connectivity index (χ0n) is 9.01. The van der Waals surface area contributed by atoms with Crippen molar-refractivity contribution in [2.45, 2.75) is 31.7 Å². The zero-order valence-corrected chi connectivity index (χ0v) is 9.83. The summed E-state index contributed by atoms with van der Waals surface area (Å²) in [7, 11) is 0. The molecule has 0 aromatic carbocycles. The van der Waals surface area contributed by atoms with Crippen LogP contribution < -0.4 is 5.32 Å². The SMILES string of the molecule is O=C(Nc1nc2c(s1)CCC2)[C@H]1C[C@@H]1[N+](=O)[O-]. The van der Waals surface area contributed by atoms with Gasteiger partial charge in [-0.2, -0.15) is 0 Å². The normalized spacial score (nSPS) is 25.4. The lowest BCUT2D eigenvalue weighted by atomic mass is 10.4. The van der Waals surface area contributed by atoms with Crippen molar-refractivity contribution >= 4 is 22.4 Å². The predicted molar refractivity (Wildman–Crippen MR) is 61.7 cm³/mol. The molecule has 6 nitrogen and oxygen atoms in total. The van der Waals surface area contributed by atoms with E-state index in [4.69, 9.17) is 0 Å². The molecule has 0 saturated heterocycles. The number of hydrogen-bond acceptors (Lipinski definition) is 5. The summed E-state index contributed by atoms with van der Waals surface area (Å²) >= 11 is 1.49. The van der Waals surface area contributed by atoms with Gasteiger partial charge in [-0.05, 0) is 19.3 Å². The highest BCUT2D eigenvalue weighted by molar-refractivity contribution is 7.15. The van der Waals surface area contributed by atoms with Crippen LogP contribution in [0.1, 0.15) is 23.4 Å². The number of amides is 1. The van der Waals surface area contributed by atoms with Gasteiger partial charge in [-0.1, -0.05) is 0 Å². The summed E-state index contributed by atoms with van der Waals surface area (Å²) in [5, 5.41) is 13.7. The monoisotopic (exact) mass is 253 g/mol. The molecule has 1 amide bonds. The van der Waals surface area contributed by atoms with E-state index in [1.807, 2.05) is 0 Å². The fraction of sp³-hybridized carbons (Fsp3) is 0.600. The van der Waals surface area contributed by atoms with Crippen molar-refractivity contribution in [3.8, 4) is 0 Å². The van der Waals surface area contributed by atoms with Gasteiger partial charge in [-0.25, -0.2) is 4.98 Å². The molecular formula is C10H11N3O3S. The van der Waals surface area contributed by atoms with E-state index in [1.165, 1.54) is 16.2 Å². The van der Waals surface area contributed by atoms with Crippen molar-refractivity contribution in [3.05, 3.63) is 20.7 Å². The van der Waals surface area contributed by atoms with Gasteiger partial charge in [0.2, 0.25) is 11.9 Å². The van der Waals surface area contributed by atoms with Gasteiger partial charge in [0.25, 0.3) is 0 Å². The van der Waals surface area contributed by atoms with Crippen LogP contribution in [0.15, 0.2) is 0 Å². The second-order valence-electron chi connectivity index (χ2n) is 4.43. The molecule has 1 heterocycles. The van der Waals surface area contributed by atoms with Crippen molar-refractivity contribution < 1.29 is 9.72 Å². The third-order valence-corrected chi connectivity index (χ3v) is 4.26. The van der Waals surface area contributed by atoms with Crippen LogP contribution in [0, 0.1) is 16.0 Å². The van der Waals surface area contributed by atoms with Crippen LogP contribution in [-0.4, -0.2) is 21.9 Å². The lowest BCUT2D eigenvalue weighted by molar-refractivity contribution is -0.497. The summed E-state index contributed by atoms with van der Waals surface area (Å²) in [5.41, 5.74) is 1.08. The first-order valence-electron chi connectivity index (χ1n) is 5.58. The first-order valence-corrected chi connectivity index (χ1v) is 6.40. The van der Waals surface area contributed by atoms with Crippen LogP contribution in [-0.2, 0) is 17.6 Å². The second-order valence-corrected chi connectivity index (χ2v) is 5.51. The predicted octanol–water partition coefficient (Wildman–Crippen LogP) is 1.24. The molecule has 90 valence electrons. The third kappa shape index (κ3) is 1.90. The van der Waals surface area contributed by atoms with E-state index in [0.29, 0.717) is 11.6 Å². The number of rotatable bonds is 3. The van der Waals surface area contributed by atoms with E-state index < -0.39 is 12.0 Å². The number of hydrogen-bond donors (Lipinski definition) is 1. The fourth-order valence-corrected chi connectivity index (χ4v) is 3.19. The fourth-order valence-electron chi connectivity index (χ4n) is 2.14. The Morgan fingerprint density at radius 2 is 2.35 bits per heavy atom. The Labute approximate surface area is 101 Å². The van der Waals surface area contributed by atoms with Crippen LogP contribution in [0.3, 0.4) is 0 Å². The zero-order chi connectivity index (χ0) is 12.0. The van der Waals surface area contributed by atoms with Gasteiger partial charge < -0.3 is 5.32 Å². The Kier molecular flexibility index (Phi) is 2.36. The van der Waals surface area contributed by atoms with Crippen molar-refractivity contribution in [3.63, 3.8) is 0 Å². The smallest absolute Gasteiger partial charge is 0.236 e. The molecule has 1 aromatic rings. The molecular weight excluding hydrogens is 242 g/mol. The Morgan fingerprint density at radius 3 is 3.00 bits per heavy atom. The highest BCUT2D eigenvalue weighted by Crippen LogP contribution is 2.35. The largest absolute Gasteiger partial charge is 0.301 e. The van der Waals surface area contributed by atoms with Crippen LogP contribution in [0.25, 0.3) is 0 Å². The Morgan fingerprint density at radius 1 is 1.53 bits per heavy atom. The molecule has 0 spiro atoms. The third-order valence-electron chi connectivity index (χ3n) is 3.19. The number of aromatic nitrogens is 1. The summed E-state index contributed by atoms with van der Waals surface area (Å²) in [4.78, 5) is 27.3. The summed E-state index contributed by atoms with van der Waals surface area (Å²) in [5.74, 6) is -0.733. The van der Waals surface area contributed by atoms with Crippen molar-refractivity contribution in [2.75, 3.05) is 5.32 Å². The number of thiazole rings is 1. The van der Waals surface area contributed by atoms with Crippen LogP contribution >= 0.6 is 11.3 Å². The van der Waals surface area contributed by atoms with Gasteiger partial charge in [-0.15, -0.1) is 11.3 Å². The number of carbonyl (C=O) groups excluding carboxylic acids is 1. The van der Waals surface area contributed by atoms with Crippen molar-refractivity contribution in [1.29, 1.82) is 0 Å². The molecule has 1 N–H and O–H groups in total.